The Morgan fingerprint density at radius 1 is 0.920 bits per heavy atom. The fourth-order valence-corrected chi connectivity index (χ4v) is 2.36. The van der Waals surface area contributed by atoms with Crippen molar-refractivity contribution in [3.8, 4) is 11.5 Å². The highest BCUT2D eigenvalue weighted by Gasteiger charge is 2.13. The highest BCUT2D eigenvalue weighted by Crippen LogP contribution is 2.23. The van der Waals surface area contributed by atoms with E-state index in [1.165, 1.54) is 0 Å². The molecule has 0 radical (unpaired) electrons. The lowest BCUT2D eigenvalue weighted by atomic mass is 10.2. The number of rotatable bonds is 5. The Kier molecular flexibility index (Phi) is 4.95. The monoisotopic (exact) mass is 333 g/mol. The van der Waals surface area contributed by atoms with Crippen LogP contribution in [-0.4, -0.2) is 25.0 Å². The Bertz CT molecular complexity index is 846. The smallest absolute Gasteiger partial charge is 0.259 e. The van der Waals surface area contributed by atoms with E-state index in [-0.39, 0.29) is 5.91 Å². The van der Waals surface area contributed by atoms with Crippen molar-refractivity contribution in [3.63, 3.8) is 0 Å². The highest BCUT2D eigenvalue weighted by atomic mass is 16.5. The Morgan fingerprint density at radius 3 is 2.28 bits per heavy atom. The van der Waals surface area contributed by atoms with Crippen molar-refractivity contribution >= 4 is 17.4 Å². The van der Waals surface area contributed by atoms with Gasteiger partial charge in [-0.2, -0.15) is 0 Å². The zero-order chi connectivity index (χ0) is 17.6. The Hall–Kier alpha value is -3.34. The van der Waals surface area contributed by atoms with E-state index >= 15 is 0 Å². The molecule has 0 saturated heterocycles. The fourth-order valence-electron chi connectivity index (χ4n) is 2.36. The van der Waals surface area contributed by atoms with Crippen LogP contribution in [0.4, 0.5) is 11.5 Å². The molecule has 0 aliphatic heterocycles. The lowest BCUT2D eigenvalue weighted by Crippen LogP contribution is -2.19. The van der Waals surface area contributed by atoms with E-state index < -0.39 is 0 Å². The number of nitrogens with one attached hydrogen (secondary N) is 1. The summed E-state index contributed by atoms with van der Waals surface area (Å²) in [5.74, 6) is 1.90. The third kappa shape index (κ3) is 4.14. The molecule has 2 aromatic carbocycles. The number of amides is 1. The second kappa shape index (κ2) is 7.49. The molecule has 0 atom stereocenters. The first-order valence-electron chi connectivity index (χ1n) is 7.90. The van der Waals surface area contributed by atoms with Crippen molar-refractivity contribution < 1.29 is 9.53 Å². The second-order valence-electron chi connectivity index (χ2n) is 5.66. The molecule has 1 aromatic heterocycles. The normalized spacial score (nSPS) is 10.2. The van der Waals surface area contributed by atoms with Gasteiger partial charge < -0.3 is 15.0 Å². The van der Waals surface area contributed by atoms with Crippen molar-refractivity contribution in [1.29, 1.82) is 0 Å². The third-order valence-electron chi connectivity index (χ3n) is 3.55. The minimum absolute atomic E-state index is 0.200. The number of benzene rings is 2. The predicted molar refractivity (Wildman–Crippen MR) is 99.5 cm³/mol. The molecule has 25 heavy (non-hydrogen) atoms. The Balaban J connectivity index is 1.70. The molecule has 0 aliphatic rings. The van der Waals surface area contributed by atoms with E-state index in [1.54, 1.807) is 18.3 Å². The summed E-state index contributed by atoms with van der Waals surface area (Å²) in [5.41, 5.74) is 1.22. The maximum atomic E-state index is 12.5. The van der Waals surface area contributed by atoms with E-state index in [2.05, 4.69) is 10.3 Å². The van der Waals surface area contributed by atoms with Gasteiger partial charge in [0.25, 0.3) is 5.91 Å². The molecule has 0 saturated carbocycles. The van der Waals surface area contributed by atoms with Crippen LogP contribution in [-0.2, 0) is 0 Å². The van der Waals surface area contributed by atoms with Gasteiger partial charge in [0.05, 0.1) is 5.56 Å². The molecule has 1 amide bonds. The first kappa shape index (κ1) is 16.5. The summed E-state index contributed by atoms with van der Waals surface area (Å²) in [6.07, 6.45) is 1.67. The van der Waals surface area contributed by atoms with Crippen molar-refractivity contribution in [1.82, 2.24) is 4.98 Å². The summed E-state index contributed by atoms with van der Waals surface area (Å²) in [6, 6.07) is 20.3. The molecule has 3 rings (SSSR count). The maximum Gasteiger partial charge on any atom is 0.259 e. The van der Waals surface area contributed by atoms with Crippen LogP contribution in [0.2, 0.25) is 0 Å². The minimum Gasteiger partial charge on any atom is -0.457 e. The number of hydrogen-bond acceptors (Lipinski definition) is 4. The van der Waals surface area contributed by atoms with E-state index in [0.29, 0.717) is 22.8 Å². The second-order valence-corrected chi connectivity index (χ2v) is 5.66. The van der Waals surface area contributed by atoms with Gasteiger partial charge in [0.15, 0.2) is 0 Å². The molecular weight excluding hydrogens is 314 g/mol. The Morgan fingerprint density at radius 2 is 1.60 bits per heavy atom. The maximum absolute atomic E-state index is 12.5. The van der Waals surface area contributed by atoms with E-state index in [9.17, 15) is 4.79 Å². The lowest BCUT2D eigenvalue weighted by Gasteiger charge is -2.15. The van der Waals surface area contributed by atoms with E-state index in [1.807, 2.05) is 73.6 Å². The quantitative estimate of drug-likeness (QED) is 0.760. The van der Waals surface area contributed by atoms with Gasteiger partial charge in [-0.1, -0.05) is 18.2 Å². The van der Waals surface area contributed by atoms with Gasteiger partial charge in [-0.25, -0.2) is 4.98 Å². The number of para-hydroxylation sites is 1. The number of nitrogens with zero attached hydrogens (tertiary/aromatic N) is 2. The lowest BCUT2D eigenvalue weighted by molar-refractivity contribution is 0.102. The van der Waals surface area contributed by atoms with Crippen LogP contribution in [0.25, 0.3) is 0 Å². The van der Waals surface area contributed by atoms with Gasteiger partial charge in [0.1, 0.15) is 17.3 Å². The van der Waals surface area contributed by atoms with E-state index in [0.717, 1.165) is 5.75 Å². The summed E-state index contributed by atoms with van der Waals surface area (Å²) >= 11 is 0. The zero-order valence-corrected chi connectivity index (χ0v) is 14.1. The number of anilines is 2. The average Bonchev–Trinajstić information content (AvgIpc) is 2.64. The number of carbonyl (C=O) groups is 1. The van der Waals surface area contributed by atoms with Crippen LogP contribution in [0.3, 0.4) is 0 Å². The van der Waals surface area contributed by atoms with Gasteiger partial charge in [-0.15, -0.1) is 0 Å². The summed E-state index contributed by atoms with van der Waals surface area (Å²) < 4.78 is 5.74. The van der Waals surface area contributed by atoms with Crippen LogP contribution in [0.1, 0.15) is 10.4 Å². The third-order valence-corrected chi connectivity index (χ3v) is 3.55. The van der Waals surface area contributed by atoms with Gasteiger partial charge in [-0.3, -0.25) is 4.79 Å². The molecular formula is C20H19N3O2. The summed E-state index contributed by atoms with van der Waals surface area (Å²) in [7, 11) is 3.71. The van der Waals surface area contributed by atoms with Crippen molar-refractivity contribution in [3.05, 3.63) is 78.5 Å². The van der Waals surface area contributed by atoms with Crippen LogP contribution in [0, 0.1) is 0 Å². The van der Waals surface area contributed by atoms with Crippen LogP contribution < -0.4 is 15.0 Å². The van der Waals surface area contributed by atoms with Crippen LogP contribution >= 0.6 is 0 Å². The molecule has 5 nitrogen and oxygen atoms in total. The van der Waals surface area contributed by atoms with Gasteiger partial charge in [0, 0.05) is 26.0 Å². The zero-order valence-electron chi connectivity index (χ0n) is 14.1. The molecule has 0 bridgehead atoms. The van der Waals surface area contributed by atoms with Gasteiger partial charge >= 0.3 is 0 Å². The first-order chi connectivity index (χ1) is 12.1. The molecule has 0 unspecified atom stereocenters. The first-order valence-corrected chi connectivity index (χ1v) is 7.90. The standard InChI is InChI=1S/C20H19N3O2/c1-23(2)19-18(9-6-14-21-19)20(24)22-15-10-12-17(13-11-15)25-16-7-4-3-5-8-16/h3-14H,1-2H3,(H,22,24). The number of ether oxygens (including phenoxy) is 1. The largest absolute Gasteiger partial charge is 0.457 e. The number of aromatic nitrogens is 1. The molecule has 0 fully saturated rings. The Labute approximate surface area is 146 Å². The molecule has 5 heteroatoms. The SMILES string of the molecule is CN(C)c1ncccc1C(=O)Nc1ccc(Oc2ccccc2)cc1. The topological polar surface area (TPSA) is 54.5 Å². The van der Waals surface area contributed by atoms with E-state index in [4.69, 9.17) is 4.74 Å². The highest BCUT2D eigenvalue weighted by molar-refractivity contribution is 6.07. The van der Waals surface area contributed by atoms with Gasteiger partial charge in [0.2, 0.25) is 0 Å². The number of hydrogen-bond donors (Lipinski definition) is 1. The molecule has 0 aliphatic carbocycles. The number of pyridine rings is 1. The molecule has 1 N–H and O–H groups in total. The molecule has 1 heterocycles. The number of carbonyl (C=O) groups excluding carboxylic acids is 1. The van der Waals surface area contributed by atoms with Gasteiger partial charge in [-0.05, 0) is 48.5 Å². The summed E-state index contributed by atoms with van der Waals surface area (Å²) in [4.78, 5) is 18.6. The van der Waals surface area contributed by atoms with Crippen LogP contribution in [0.5, 0.6) is 11.5 Å². The minimum atomic E-state index is -0.200. The molecule has 3 aromatic rings. The molecule has 0 spiro atoms. The fraction of sp³-hybridized carbons (Fsp3) is 0.100. The van der Waals surface area contributed by atoms with Crippen molar-refractivity contribution in [2.24, 2.45) is 0 Å². The van der Waals surface area contributed by atoms with Crippen molar-refractivity contribution in [2.75, 3.05) is 24.3 Å². The summed E-state index contributed by atoms with van der Waals surface area (Å²) in [5, 5.41) is 2.88. The predicted octanol–water partition coefficient (Wildman–Crippen LogP) is 4.19. The van der Waals surface area contributed by atoms with Crippen LogP contribution in [0.15, 0.2) is 72.9 Å². The molecule has 126 valence electrons. The van der Waals surface area contributed by atoms with Crippen molar-refractivity contribution in [2.45, 2.75) is 0 Å². The average molecular weight is 333 g/mol. The summed E-state index contributed by atoms with van der Waals surface area (Å²) in [6.45, 7) is 0.